The standard InChI is InChI=1S/C23H24ClN3O3S2/c1-3-13-27-21-19(24)5-4-6-20(21)31-23(27)25-22(28)17-7-9-18(10-8-17)32(29,30)26-14-11-16(2)12-15-26/h3-10,16H,1,11-15H2,2H3. The number of thiazole rings is 1. The van der Waals surface area contributed by atoms with Crippen LogP contribution in [-0.2, 0) is 16.6 Å². The molecule has 1 aromatic heterocycles. The highest BCUT2D eigenvalue weighted by molar-refractivity contribution is 7.89. The van der Waals surface area contributed by atoms with Crippen LogP contribution in [0.3, 0.4) is 0 Å². The number of halogens is 1. The molecule has 0 bridgehead atoms. The van der Waals surface area contributed by atoms with Gasteiger partial charge < -0.3 is 4.57 Å². The van der Waals surface area contributed by atoms with Crippen molar-refractivity contribution in [3.63, 3.8) is 0 Å². The minimum absolute atomic E-state index is 0.193. The summed E-state index contributed by atoms with van der Waals surface area (Å²) in [5.74, 6) is 0.0944. The number of piperidine rings is 1. The highest BCUT2D eigenvalue weighted by Gasteiger charge is 2.28. The second-order valence-electron chi connectivity index (χ2n) is 7.90. The van der Waals surface area contributed by atoms with Crippen LogP contribution in [0.25, 0.3) is 10.2 Å². The predicted molar refractivity (Wildman–Crippen MR) is 129 cm³/mol. The third-order valence-electron chi connectivity index (χ3n) is 5.64. The monoisotopic (exact) mass is 489 g/mol. The first-order valence-electron chi connectivity index (χ1n) is 10.4. The number of sulfonamides is 1. The van der Waals surface area contributed by atoms with Gasteiger partial charge in [0.05, 0.1) is 20.1 Å². The first kappa shape index (κ1) is 22.9. The van der Waals surface area contributed by atoms with Gasteiger partial charge in [0, 0.05) is 25.2 Å². The van der Waals surface area contributed by atoms with Crippen molar-refractivity contribution < 1.29 is 13.2 Å². The van der Waals surface area contributed by atoms with E-state index in [4.69, 9.17) is 11.6 Å². The van der Waals surface area contributed by atoms with Gasteiger partial charge in [-0.25, -0.2) is 8.42 Å². The van der Waals surface area contributed by atoms with E-state index in [1.54, 1.807) is 12.1 Å². The molecule has 0 N–H and O–H groups in total. The second-order valence-corrected chi connectivity index (χ2v) is 11.3. The van der Waals surface area contributed by atoms with Crippen molar-refractivity contribution in [1.82, 2.24) is 8.87 Å². The van der Waals surface area contributed by atoms with Crippen LogP contribution >= 0.6 is 22.9 Å². The van der Waals surface area contributed by atoms with Crippen molar-refractivity contribution in [2.45, 2.75) is 31.2 Å². The number of fused-ring (bicyclic) bond motifs is 1. The van der Waals surface area contributed by atoms with E-state index in [0.29, 0.717) is 40.9 Å². The summed E-state index contributed by atoms with van der Waals surface area (Å²) in [4.78, 5) is 17.8. The maximum absolute atomic E-state index is 12.9. The number of rotatable bonds is 5. The third-order valence-corrected chi connectivity index (χ3v) is 8.90. The van der Waals surface area contributed by atoms with E-state index in [9.17, 15) is 13.2 Å². The van der Waals surface area contributed by atoms with Gasteiger partial charge in [-0.1, -0.05) is 42.0 Å². The van der Waals surface area contributed by atoms with E-state index in [1.807, 2.05) is 16.7 Å². The lowest BCUT2D eigenvalue weighted by atomic mass is 10.0. The Hall–Kier alpha value is -2.26. The molecule has 2 aromatic carbocycles. The maximum Gasteiger partial charge on any atom is 0.279 e. The molecule has 1 saturated heterocycles. The maximum atomic E-state index is 12.9. The Kier molecular flexibility index (Phi) is 6.67. The Morgan fingerprint density at radius 3 is 2.56 bits per heavy atom. The fourth-order valence-electron chi connectivity index (χ4n) is 3.77. The average molecular weight is 490 g/mol. The SMILES string of the molecule is C=CCn1c(=NC(=O)c2ccc(S(=O)(=O)N3CCC(C)CC3)cc2)sc2cccc(Cl)c21. The van der Waals surface area contributed by atoms with E-state index >= 15 is 0 Å². The first-order chi connectivity index (χ1) is 15.3. The molecular weight excluding hydrogens is 466 g/mol. The molecule has 0 aliphatic carbocycles. The smallest absolute Gasteiger partial charge is 0.279 e. The zero-order chi connectivity index (χ0) is 22.9. The van der Waals surface area contributed by atoms with Crippen molar-refractivity contribution in [2.24, 2.45) is 10.9 Å². The molecule has 32 heavy (non-hydrogen) atoms. The molecule has 0 atom stereocenters. The fourth-order valence-corrected chi connectivity index (χ4v) is 6.63. The Morgan fingerprint density at radius 1 is 1.22 bits per heavy atom. The molecule has 9 heteroatoms. The minimum Gasteiger partial charge on any atom is -0.311 e. The first-order valence-corrected chi connectivity index (χ1v) is 13.0. The molecule has 0 radical (unpaired) electrons. The summed E-state index contributed by atoms with van der Waals surface area (Å²) in [6.07, 6.45) is 3.44. The number of nitrogens with zero attached hydrogens (tertiary/aromatic N) is 3. The van der Waals surface area contributed by atoms with E-state index in [1.165, 1.54) is 39.9 Å². The quantitative estimate of drug-likeness (QED) is 0.487. The highest BCUT2D eigenvalue weighted by atomic mass is 35.5. The molecule has 1 aliphatic heterocycles. The Balaban J connectivity index is 1.64. The van der Waals surface area contributed by atoms with Crippen molar-refractivity contribution in [3.05, 3.63) is 70.5 Å². The van der Waals surface area contributed by atoms with Gasteiger partial charge in [-0.2, -0.15) is 9.30 Å². The largest absolute Gasteiger partial charge is 0.311 e. The molecule has 168 valence electrons. The van der Waals surface area contributed by atoms with Crippen LogP contribution in [0.2, 0.25) is 5.02 Å². The summed E-state index contributed by atoms with van der Waals surface area (Å²) in [5, 5.41) is 0.580. The van der Waals surface area contributed by atoms with Crippen LogP contribution < -0.4 is 4.80 Å². The molecule has 1 fully saturated rings. The zero-order valence-electron chi connectivity index (χ0n) is 17.7. The molecule has 4 rings (SSSR count). The lowest BCUT2D eigenvalue weighted by Crippen LogP contribution is -2.37. The molecule has 6 nitrogen and oxygen atoms in total. The number of aromatic nitrogens is 1. The van der Waals surface area contributed by atoms with E-state index < -0.39 is 15.9 Å². The number of carbonyl (C=O) groups excluding carboxylic acids is 1. The van der Waals surface area contributed by atoms with E-state index in [-0.39, 0.29) is 4.90 Å². The van der Waals surface area contributed by atoms with Crippen molar-refractivity contribution >= 4 is 49.1 Å². The number of carbonyl (C=O) groups is 1. The van der Waals surface area contributed by atoms with Gasteiger partial charge in [0.1, 0.15) is 0 Å². The van der Waals surface area contributed by atoms with Crippen molar-refractivity contribution in [3.8, 4) is 0 Å². The summed E-state index contributed by atoms with van der Waals surface area (Å²) in [6, 6.07) is 11.6. The summed E-state index contributed by atoms with van der Waals surface area (Å²) < 4.78 is 30.1. The molecule has 0 unspecified atom stereocenters. The van der Waals surface area contributed by atoms with Crippen LogP contribution in [0, 0.1) is 5.92 Å². The Labute approximate surface area is 196 Å². The van der Waals surface area contributed by atoms with Crippen LogP contribution in [0.4, 0.5) is 0 Å². The Morgan fingerprint density at radius 2 is 1.91 bits per heavy atom. The normalized spacial score (nSPS) is 16.5. The number of allylic oxidation sites excluding steroid dienone is 1. The minimum atomic E-state index is -3.56. The number of hydrogen-bond acceptors (Lipinski definition) is 4. The van der Waals surface area contributed by atoms with Crippen LogP contribution in [0.1, 0.15) is 30.1 Å². The van der Waals surface area contributed by atoms with Gasteiger partial charge in [0.25, 0.3) is 5.91 Å². The van der Waals surface area contributed by atoms with Gasteiger partial charge in [-0.05, 0) is 55.2 Å². The highest BCUT2D eigenvalue weighted by Crippen LogP contribution is 2.26. The van der Waals surface area contributed by atoms with Gasteiger partial charge in [0.15, 0.2) is 4.80 Å². The predicted octanol–water partition coefficient (Wildman–Crippen LogP) is 4.70. The van der Waals surface area contributed by atoms with Gasteiger partial charge in [-0.3, -0.25) is 4.79 Å². The van der Waals surface area contributed by atoms with Crippen LogP contribution in [0.5, 0.6) is 0 Å². The van der Waals surface area contributed by atoms with Crippen LogP contribution in [0.15, 0.2) is 65.0 Å². The van der Waals surface area contributed by atoms with Crippen LogP contribution in [-0.4, -0.2) is 36.3 Å². The lowest BCUT2D eigenvalue weighted by Gasteiger charge is -2.29. The number of hydrogen-bond donors (Lipinski definition) is 0. The molecule has 1 aliphatic rings. The molecule has 0 saturated carbocycles. The summed E-state index contributed by atoms with van der Waals surface area (Å²) in [5.41, 5.74) is 1.13. The molecule has 3 aromatic rings. The van der Waals surface area contributed by atoms with E-state index in [0.717, 1.165) is 23.1 Å². The topological polar surface area (TPSA) is 71.7 Å². The second kappa shape index (κ2) is 9.31. The summed E-state index contributed by atoms with van der Waals surface area (Å²) >= 11 is 7.73. The van der Waals surface area contributed by atoms with Gasteiger partial charge in [-0.15, -0.1) is 6.58 Å². The molecular formula is C23H24ClN3O3S2. The zero-order valence-corrected chi connectivity index (χ0v) is 20.1. The van der Waals surface area contributed by atoms with Gasteiger partial charge >= 0.3 is 0 Å². The number of benzene rings is 2. The number of amides is 1. The third kappa shape index (κ3) is 4.45. The van der Waals surface area contributed by atoms with Crippen molar-refractivity contribution in [1.29, 1.82) is 0 Å². The fraction of sp³-hybridized carbons (Fsp3) is 0.304. The Bertz CT molecular complexity index is 1330. The average Bonchev–Trinajstić information content (AvgIpc) is 3.12. The summed E-state index contributed by atoms with van der Waals surface area (Å²) in [6.45, 7) is 7.43. The molecule has 0 spiro atoms. The molecule has 2 heterocycles. The summed E-state index contributed by atoms with van der Waals surface area (Å²) in [7, 11) is -3.56. The lowest BCUT2D eigenvalue weighted by molar-refractivity contribution is 0.0997. The van der Waals surface area contributed by atoms with Crippen molar-refractivity contribution in [2.75, 3.05) is 13.1 Å². The van der Waals surface area contributed by atoms with E-state index in [2.05, 4.69) is 18.5 Å². The van der Waals surface area contributed by atoms with Gasteiger partial charge in [0.2, 0.25) is 10.0 Å². The molecule has 1 amide bonds. The number of para-hydroxylation sites is 1.